The van der Waals surface area contributed by atoms with Crippen LogP contribution in [0.4, 0.5) is 0 Å². The van der Waals surface area contributed by atoms with E-state index in [4.69, 9.17) is 56.0 Å². The lowest BCUT2D eigenvalue weighted by Crippen LogP contribution is -2.62. The Morgan fingerprint density at radius 1 is 0.475 bits per heavy atom. The summed E-state index contributed by atoms with van der Waals surface area (Å²) >= 11 is 0. The van der Waals surface area contributed by atoms with Gasteiger partial charge >= 0.3 is 0 Å². The van der Waals surface area contributed by atoms with Crippen LogP contribution in [-0.4, -0.2) is 246 Å². The van der Waals surface area contributed by atoms with Crippen molar-refractivity contribution < 1.29 is 72.2 Å². The molecule has 4 rings (SSSR count). The second kappa shape index (κ2) is 52.1. The summed E-state index contributed by atoms with van der Waals surface area (Å²) in [6.07, 6.45) is -0.636. The summed E-state index contributed by atoms with van der Waals surface area (Å²) in [6.45, 7) is 9.35. The van der Waals surface area contributed by atoms with Crippen molar-refractivity contribution >= 4 is 150 Å². The number of carbonyl (C=O) groups is 14. The molecule has 0 spiro atoms. The molecule has 0 aliphatic carbocycles. The fourth-order valence-corrected chi connectivity index (χ4v) is 16.4. The molecule has 118 heavy (non-hydrogen) atoms. The fourth-order valence-electron chi connectivity index (χ4n) is 11.7. The monoisotopic (exact) mass is 1730 g/mol. The van der Waals surface area contributed by atoms with E-state index in [1.807, 2.05) is 13.8 Å². The van der Waals surface area contributed by atoms with Crippen LogP contribution in [0, 0.1) is 39.4 Å². The van der Waals surface area contributed by atoms with E-state index >= 15 is 38.4 Å². The van der Waals surface area contributed by atoms with Gasteiger partial charge in [-0.2, -0.15) is 0 Å². The summed E-state index contributed by atoms with van der Waals surface area (Å²) in [5.74, 6) is -18.3. The first-order valence-electron chi connectivity index (χ1n) is 38.4. The normalized spacial score (nSPS) is 22.0. The van der Waals surface area contributed by atoms with Crippen LogP contribution in [-0.2, 0) is 80.0 Å². The summed E-state index contributed by atoms with van der Waals surface area (Å²) in [5.41, 5.74) is 34.9. The van der Waals surface area contributed by atoms with E-state index in [1.54, 1.807) is 58.0 Å². The number of phenols is 1. The van der Waals surface area contributed by atoms with Gasteiger partial charge in [-0.3, -0.25) is 88.8 Å². The number of aromatic hydroxyl groups is 1. The lowest BCUT2D eigenvalue weighted by molar-refractivity contribution is -0.136. The van der Waals surface area contributed by atoms with Gasteiger partial charge in [-0.15, -0.1) is 0 Å². The number of fused-ring (bicyclic) bond motifs is 5. The van der Waals surface area contributed by atoms with Gasteiger partial charge in [-0.1, -0.05) is 127 Å². The maximum absolute atomic E-state index is 15.4. The minimum atomic E-state index is -1.70. The highest BCUT2D eigenvalue weighted by molar-refractivity contribution is 8.77. The molecule has 2 bridgehead atoms. The molecule has 13 atom stereocenters. The van der Waals surface area contributed by atoms with Crippen molar-refractivity contribution in [2.75, 3.05) is 55.7 Å². The Balaban J connectivity index is 2.02. The second-order valence-corrected chi connectivity index (χ2v) is 34.2. The summed E-state index contributed by atoms with van der Waals surface area (Å²) < 4.78 is 0. The number of nitrogens with two attached hydrogens (primary N) is 6. The molecule has 0 unspecified atom stereocenters. The van der Waals surface area contributed by atoms with Gasteiger partial charge in [-0.05, 0) is 98.8 Å². The van der Waals surface area contributed by atoms with Gasteiger partial charge in [0.25, 0.3) is 0 Å². The third-order valence-corrected chi connectivity index (χ3v) is 22.9. The lowest BCUT2D eigenvalue weighted by atomic mass is 10.0. The Kier molecular flexibility index (Phi) is 44.0. The van der Waals surface area contributed by atoms with E-state index in [0.29, 0.717) is 11.1 Å². The number of phenolic OH excluding ortho intramolecular Hbond substituents is 1. The molecule has 34 N–H and O–H groups in total. The maximum atomic E-state index is 15.4. The first-order valence-corrected chi connectivity index (χ1v) is 43.4. The Bertz CT molecular complexity index is 3780. The average Bonchev–Trinajstić information content (AvgIpc) is 0.846. The largest absolute Gasteiger partial charge is 0.508 e. The van der Waals surface area contributed by atoms with Crippen LogP contribution >= 0.6 is 43.2 Å². The first-order chi connectivity index (χ1) is 55.8. The molecule has 46 heteroatoms. The minimum absolute atomic E-state index is 0.00199. The summed E-state index contributed by atoms with van der Waals surface area (Å²) in [5, 5.41) is 86.1. The van der Waals surface area contributed by atoms with Gasteiger partial charge in [0.1, 0.15) is 78.3 Å². The van der Waals surface area contributed by atoms with Crippen molar-refractivity contribution in [2.24, 2.45) is 52.2 Å². The zero-order chi connectivity index (χ0) is 87.7. The van der Waals surface area contributed by atoms with Crippen LogP contribution in [0.3, 0.4) is 0 Å². The Morgan fingerprint density at radius 3 is 1.36 bits per heavy atom. The minimum Gasteiger partial charge on any atom is -0.508 e. The average molecular weight is 1730 g/mol. The molecule has 0 radical (unpaired) electrons. The highest BCUT2D eigenvalue weighted by Gasteiger charge is 2.39. The Morgan fingerprint density at radius 2 is 0.898 bits per heavy atom. The third-order valence-electron chi connectivity index (χ3n) is 18.1. The van der Waals surface area contributed by atoms with Gasteiger partial charge < -0.3 is 130 Å². The van der Waals surface area contributed by atoms with Crippen molar-refractivity contribution in [3.05, 3.63) is 65.7 Å². The number of rotatable bonds is 33. The SMILES string of the molecule is CC(C)C[C@H](N)C(=O)N[C@H]1CSSC[C@@H](C(=O)N[C@H](C(=O)NCC(=O)N[C@@H](CCCNC(=N)N)C(N)=O)C(C)C)NC(=O)[C@H](C(C)C)NC(=O)[C@@H]2CSSC[C@H](NC(=O)[C@H](Cc3ccc(O)cc3)NC1=O)C(=O)N[C@@H](CCCNC(=N)N)C(=O)N[C@@H](CCCNC(=N)N)C(=O)N[C@@H](CCCNC(=N)N)C(=O)N[C@@H](Cc1ccccc1)C(=O)N2. The van der Waals surface area contributed by atoms with E-state index in [0.717, 1.165) is 43.2 Å². The smallest absolute Gasteiger partial charge is 0.244 e. The molecule has 2 heterocycles. The van der Waals surface area contributed by atoms with Gasteiger partial charge in [0.05, 0.1) is 12.6 Å². The molecule has 654 valence electrons. The molecule has 2 aromatic carbocycles. The van der Waals surface area contributed by atoms with Crippen LogP contribution in [0.1, 0.15) is 110 Å². The number of guanidine groups is 4. The molecule has 2 saturated heterocycles. The fraction of sp³-hybridized carbons (Fsp3) is 0.583. The summed E-state index contributed by atoms with van der Waals surface area (Å²) in [6, 6.07) is -5.91. The number of hydrogen-bond acceptors (Lipinski definition) is 24. The molecule has 2 aliphatic heterocycles. The molecule has 14 amide bonds. The topological polar surface area (TPSA) is 715 Å². The van der Waals surface area contributed by atoms with Crippen LogP contribution < -0.4 is 125 Å². The third kappa shape index (κ3) is 37.7. The number of amides is 14. The molecule has 0 aromatic heterocycles. The predicted molar refractivity (Wildman–Crippen MR) is 451 cm³/mol. The van der Waals surface area contributed by atoms with Gasteiger partial charge in [-0.25, -0.2) is 0 Å². The molecular formula is C72H117N27O15S4. The van der Waals surface area contributed by atoms with E-state index in [1.165, 1.54) is 24.3 Å². The molecule has 0 saturated carbocycles. The standard InChI is InChI=1S/C72H117N27O15S4/c1-36(2)28-42(73)57(103)94-49-32-115-118-35-52(66(112)98-54(37(3)4)67(113)87-31-53(101)88-43(56(74)102)16-10-24-83-69(75)76)97-68(114)55(38(5)6)99-65(111)51-34-117-116-33-50(95-62(108)48(93-64(49)110)30-40-20-22-41(100)23-21-40)63(109)91-45(18-12-26-85-71(79)80)59(105)89-44(17-11-25-84-70(77)78)58(104)90-46(19-13-27-86-72(81)82)60(106)92-47(61(107)96-51)29-39-14-8-7-9-15-39/h7-9,14-15,20-23,36-38,42-52,54-55,100H,10-13,16-19,24-35,73H2,1-6H3,(H2,74,102)(H,87,113)(H,88,101)(H,89,105)(H,90,104)(H,91,109)(H,92,106)(H,93,110)(H,94,103)(H,95,108)(H,96,107)(H,97,114)(H,98,112)(H,99,111)(H4,75,76,83)(H4,77,78,84)(H4,79,80,85)(H4,81,82,86)/t42-,43-,44-,45-,46-,47-,48-,49-,50-,51-,52-,54-,55-/m0/s1. The summed E-state index contributed by atoms with van der Waals surface area (Å²) in [4.78, 5) is 205. The number of primary amides is 1. The first kappa shape index (κ1) is 99.6. The maximum Gasteiger partial charge on any atom is 0.244 e. The van der Waals surface area contributed by atoms with Crippen LogP contribution in [0.15, 0.2) is 54.6 Å². The van der Waals surface area contributed by atoms with Crippen molar-refractivity contribution in [3.8, 4) is 5.75 Å². The number of nitrogens with one attached hydrogen (secondary N) is 21. The van der Waals surface area contributed by atoms with Crippen molar-refractivity contribution in [2.45, 2.75) is 191 Å². The van der Waals surface area contributed by atoms with Gasteiger partial charge in [0, 0.05) is 62.0 Å². The predicted octanol–water partition coefficient (Wildman–Crippen LogP) is -5.88. The zero-order valence-electron chi connectivity index (χ0n) is 66.8. The van der Waals surface area contributed by atoms with E-state index in [-0.39, 0.29) is 120 Å². The van der Waals surface area contributed by atoms with E-state index < -0.39 is 215 Å². The highest BCUT2D eigenvalue weighted by Crippen LogP contribution is 2.27. The van der Waals surface area contributed by atoms with Crippen molar-refractivity contribution in [1.82, 2.24) is 90.4 Å². The molecule has 2 fully saturated rings. The van der Waals surface area contributed by atoms with E-state index in [2.05, 4.69) is 90.4 Å². The molecule has 42 nitrogen and oxygen atoms in total. The van der Waals surface area contributed by atoms with Crippen molar-refractivity contribution in [1.29, 1.82) is 21.6 Å². The molecular weight excluding hydrogens is 1610 g/mol. The Labute approximate surface area is 700 Å². The second-order valence-electron chi connectivity index (χ2n) is 29.1. The van der Waals surface area contributed by atoms with Gasteiger partial charge in [0.2, 0.25) is 82.7 Å². The van der Waals surface area contributed by atoms with Crippen molar-refractivity contribution in [3.63, 3.8) is 0 Å². The van der Waals surface area contributed by atoms with Crippen LogP contribution in [0.5, 0.6) is 5.75 Å². The quantitative estimate of drug-likeness (QED) is 0.0137. The number of carbonyl (C=O) groups excluding carboxylic acids is 14. The number of hydrogen-bond donors (Lipinski definition) is 28. The van der Waals surface area contributed by atoms with E-state index in [9.17, 15) is 33.9 Å². The number of benzene rings is 2. The summed E-state index contributed by atoms with van der Waals surface area (Å²) in [7, 11) is 3.53. The van der Waals surface area contributed by atoms with Crippen LogP contribution in [0.25, 0.3) is 0 Å². The molecule has 2 aliphatic rings. The molecule has 2 aromatic rings. The van der Waals surface area contributed by atoms with Crippen LogP contribution in [0.2, 0.25) is 0 Å². The Hall–Kier alpha value is -10.7. The highest BCUT2D eigenvalue weighted by atomic mass is 33.1. The lowest BCUT2D eigenvalue weighted by Gasteiger charge is -2.30. The zero-order valence-corrected chi connectivity index (χ0v) is 70.1. The van der Waals surface area contributed by atoms with Gasteiger partial charge in [0.15, 0.2) is 23.8 Å².